The zero-order valence-electron chi connectivity index (χ0n) is 15.6. The molecule has 0 saturated heterocycles. The van der Waals surface area contributed by atoms with Gasteiger partial charge in [-0.05, 0) is 11.6 Å². The van der Waals surface area contributed by atoms with Crippen LogP contribution in [0.3, 0.4) is 0 Å². The van der Waals surface area contributed by atoms with E-state index in [1.54, 1.807) is 0 Å². The van der Waals surface area contributed by atoms with Crippen molar-refractivity contribution in [1.29, 1.82) is 0 Å². The van der Waals surface area contributed by atoms with Crippen molar-refractivity contribution >= 4 is 22.0 Å². The van der Waals surface area contributed by atoms with E-state index in [1.807, 2.05) is 30.3 Å². The van der Waals surface area contributed by atoms with Gasteiger partial charge in [0.25, 0.3) is 5.56 Å². The fraction of sp³-hybridized carbons (Fsp3) is 0.278. The van der Waals surface area contributed by atoms with Gasteiger partial charge in [-0.1, -0.05) is 30.3 Å². The van der Waals surface area contributed by atoms with Gasteiger partial charge in [0.05, 0.1) is 4.90 Å². The molecule has 0 atom stereocenters. The minimum absolute atomic E-state index is 0.0573. The summed E-state index contributed by atoms with van der Waals surface area (Å²) >= 11 is 0. The Morgan fingerprint density at radius 2 is 1.75 bits per heavy atom. The molecule has 1 heterocycles. The number of imide groups is 1. The van der Waals surface area contributed by atoms with Crippen LogP contribution in [0.15, 0.2) is 58.4 Å². The molecule has 0 spiro atoms. The molecule has 0 aliphatic carbocycles. The molecular formula is C18H22N4O5S. The summed E-state index contributed by atoms with van der Waals surface area (Å²) in [4.78, 5) is 35.5. The van der Waals surface area contributed by atoms with Crippen molar-refractivity contribution in [2.75, 3.05) is 14.1 Å². The van der Waals surface area contributed by atoms with Crippen LogP contribution in [-0.2, 0) is 27.9 Å². The highest BCUT2D eigenvalue weighted by atomic mass is 32.2. The summed E-state index contributed by atoms with van der Waals surface area (Å²) in [5, 5.41) is 4.73. The average molecular weight is 406 g/mol. The zero-order chi connectivity index (χ0) is 20.7. The number of aryl methyl sites for hydroxylation is 1. The molecule has 1 aromatic heterocycles. The van der Waals surface area contributed by atoms with Crippen molar-refractivity contribution in [3.8, 4) is 0 Å². The van der Waals surface area contributed by atoms with Crippen LogP contribution >= 0.6 is 0 Å². The Kier molecular flexibility index (Phi) is 7.07. The van der Waals surface area contributed by atoms with Crippen molar-refractivity contribution in [1.82, 2.24) is 19.5 Å². The number of pyridine rings is 1. The molecule has 0 bridgehead atoms. The Bertz CT molecular complexity index is 1000. The second-order valence-electron chi connectivity index (χ2n) is 6.15. The lowest BCUT2D eigenvalue weighted by molar-refractivity contribution is -0.120. The monoisotopic (exact) mass is 406 g/mol. The van der Waals surface area contributed by atoms with Gasteiger partial charge in [0, 0.05) is 45.9 Å². The van der Waals surface area contributed by atoms with Crippen LogP contribution in [0.4, 0.5) is 4.79 Å². The molecule has 0 fully saturated rings. The summed E-state index contributed by atoms with van der Waals surface area (Å²) in [5.74, 6) is -0.585. The number of carbonyl (C=O) groups excluding carboxylic acids is 2. The topological polar surface area (TPSA) is 118 Å². The molecule has 2 rings (SSSR count). The van der Waals surface area contributed by atoms with Crippen molar-refractivity contribution < 1.29 is 18.0 Å². The van der Waals surface area contributed by atoms with Crippen molar-refractivity contribution in [3.05, 3.63) is 64.6 Å². The molecule has 0 aliphatic heterocycles. The third-order valence-electron chi connectivity index (χ3n) is 3.86. The predicted octanol–water partition coefficient (Wildman–Crippen LogP) is 0.515. The first-order valence-electron chi connectivity index (χ1n) is 8.45. The minimum atomic E-state index is -3.70. The zero-order valence-corrected chi connectivity index (χ0v) is 16.4. The van der Waals surface area contributed by atoms with E-state index in [9.17, 15) is 22.8 Å². The van der Waals surface area contributed by atoms with Crippen LogP contribution < -0.4 is 16.2 Å². The Morgan fingerprint density at radius 3 is 2.39 bits per heavy atom. The van der Waals surface area contributed by atoms with Gasteiger partial charge < -0.3 is 9.88 Å². The maximum Gasteiger partial charge on any atom is 0.321 e. The third-order valence-corrected chi connectivity index (χ3v) is 5.66. The van der Waals surface area contributed by atoms with E-state index in [0.29, 0.717) is 0 Å². The quantitative estimate of drug-likeness (QED) is 0.695. The standard InChI is InChI=1S/C18H22N4O5S/c1-21(2)28(26,27)15-8-9-17(24)22(13-15)11-10-16(23)20-18(25)19-12-14-6-4-3-5-7-14/h3-9,13H,10-12H2,1-2H3,(H2,19,20,23,25). The molecule has 10 heteroatoms. The molecular weight excluding hydrogens is 384 g/mol. The van der Waals surface area contributed by atoms with Gasteiger partial charge in [0.15, 0.2) is 0 Å². The third kappa shape index (κ3) is 5.76. The van der Waals surface area contributed by atoms with Gasteiger partial charge in [-0.25, -0.2) is 17.5 Å². The van der Waals surface area contributed by atoms with Crippen LogP contribution in [0, 0.1) is 0 Å². The van der Waals surface area contributed by atoms with Crippen LogP contribution in [0.1, 0.15) is 12.0 Å². The van der Waals surface area contributed by atoms with Gasteiger partial charge in [0.1, 0.15) is 0 Å². The number of rotatable bonds is 7. The van der Waals surface area contributed by atoms with E-state index >= 15 is 0 Å². The van der Waals surface area contributed by atoms with Gasteiger partial charge in [0.2, 0.25) is 15.9 Å². The lowest BCUT2D eigenvalue weighted by Crippen LogP contribution is -2.39. The van der Waals surface area contributed by atoms with Gasteiger partial charge >= 0.3 is 6.03 Å². The highest BCUT2D eigenvalue weighted by molar-refractivity contribution is 7.89. The normalized spacial score (nSPS) is 11.2. The van der Waals surface area contributed by atoms with E-state index in [-0.39, 0.29) is 24.4 Å². The molecule has 0 unspecified atom stereocenters. The molecule has 28 heavy (non-hydrogen) atoms. The lowest BCUT2D eigenvalue weighted by atomic mass is 10.2. The number of nitrogens with one attached hydrogen (secondary N) is 2. The number of hydrogen-bond donors (Lipinski definition) is 2. The van der Waals surface area contributed by atoms with E-state index in [4.69, 9.17) is 0 Å². The number of hydrogen-bond acceptors (Lipinski definition) is 5. The summed E-state index contributed by atoms with van der Waals surface area (Å²) in [6.07, 6.45) is 1.02. The summed E-state index contributed by atoms with van der Waals surface area (Å²) in [6.45, 7) is 0.206. The van der Waals surface area contributed by atoms with Crippen molar-refractivity contribution in [2.45, 2.75) is 24.4 Å². The van der Waals surface area contributed by atoms with Crippen molar-refractivity contribution in [2.24, 2.45) is 0 Å². The number of amides is 3. The Hall–Kier alpha value is -2.98. The second kappa shape index (κ2) is 9.29. The van der Waals surface area contributed by atoms with Crippen LogP contribution in [-0.4, -0.2) is 43.3 Å². The largest absolute Gasteiger partial charge is 0.334 e. The van der Waals surface area contributed by atoms with Gasteiger partial charge in [-0.15, -0.1) is 0 Å². The molecule has 2 N–H and O–H groups in total. The Balaban J connectivity index is 1.92. The molecule has 0 aliphatic rings. The maximum absolute atomic E-state index is 12.1. The van der Waals surface area contributed by atoms with Crippen LogP contribution in [0.25, 0.3) is 0 Å². The summed E-state index contributed by atoms with van der Waals surface area (Å²) < 4.78 is 26.4. The van der Waals surface area contributed by atoms with E-state index in [0.717, 1.165) is 20.5 Å². The second-order valence-corrected chi connectivity index (χ2v) is 8.30. The van der Waals surface area contributed by atoms with Gasteiger partial charge in [-0.3, -0.25) is 14.9 Å². The highest BCUT2D eigenvalue weighted by Gasteiger charge is 2.18. The maximum atomic E-state index is 12.1. The molecule has 2 aromatic rings. The first-order valence-corrected chi connectivity index (χ1v) is 9.89. The van der Waals surface area contributed by atoms with Crippen LogP contribution in [0.2, 0.25) is 0 Å². The van der Waals surface area contributed by atoms with Crippen LogP contribution in [0.5, 0.6) is 0 Å². The smallest absolute Gasteiger partial charge is 0.321 e. The fourth-order valence-electron chi connectivity index (χ4n) is 2.28. The fourth-order valence-corrected chi connectivity index (χ4v) is 3.20. The summed E-state index contributed by atoms with van der Waals surface area (Å²) in [5.41, 5.74) is 0.439. The molecule has 0 saturated carbocycles. The number of urea groups is 1. The molecule has 1 aromatic carbocycles. The first kappa shape index (κ1) is 21.3. The average Bonchev–Trinajstić information content (AvgIpc) is 2.66. The molecule has 150 valence electrons. The number of carbonyl (C=O) groups is 2. The number of nitrogens with zero attached hydrogens (tertiary/aromatic N) is 2. The first-order chi connectivity index (χ1) is 13.2. The minimum Gasteiger partial charge on any atom is -0.334 e. The predicted molar refractivity (Wildman–Crippen MR) is 103 cm³/mol. The Labute approximate surface area is 163 Å². The SMILES string of the molecule is CN(C)S(=O)(=O)c1ccc(=O)n(CCC(=O)NC(=O)NCc2ccccc2)c1. The highest BCUT2D eigenvalue weighted by Crippen LogP contribution is 2.10. The Morgan fingerprint density at radius 1 is 1.07 bits per heavy atom. The van der Waals surface area contributed by atoms with E-state index in [1.165, 1.54) is 26.4 Å². The summed E-state index contributed by atoms with van der Waals surface area (Å²) in [6, 6.07) is 10.9. The molecule has 3 amide bonds. The van der Waals surface area contributed by atoms with E-state index in [2.05, 4.69) is 10.6 Å². The lowest BCUT2D eigenvalue weighted by Gasteiger charge is -2.13. The number of benzene rings is 1. The number of sulfonamides is 1. The number of aromatic nitrogens is 1. The molecule has 0 radical (unpaired) electrons. The van der Waals surface area contributed by atoms with Crippen molar-refractivity contribution in [3.63, 3.8) is 0 Å². The van der Waals surface area contributed by atoms with Gasteiger partial charge in [-0.2, -0.15) is 0 Å². The van der Waals surface area contributed by atoms with E-state index < -0.39 is 27.5 Å². The summed E-state index contributed by atoms with van der Waals surface area (Å²) in [7, 11) is -0.936. The molecule has 9 nitrogen and oxygen atoms in total.